The van der Waals surface area contributed by atoms with E-state index in [9.17, 15) is 0 Å². The summed E-state index contributed by atoms with van der Waals surface area (Å²) in [6, 6.07) is 10.7. The zero-order valence-corrected chi connectivity index (χ0v) is 21.0. The van der Waals surface area contributed by atoms with E-state index in [1.54, 1.807) is 18.5 Å². The maximum absolute atomic E-state index is 15.5. The molecule has 0 aliphatic carbocycles. The highest BCUT2D eigenvalue weighted by Crippen LogP contribution is 2.29. The van der Waals surface area contributed by atoms with Gasteiger partial charge >= 0.3 is 0 Å². The first-order valence-electron chi connectivity index (χ1n) is 11.6. The van der Waals surface area contributed by atoms with E-state index in [0.717, 1.165) is 21.0 Å². The van der Waals surface area contributed by atoms with Crippen LogP contribution in [-0.4, -0.2) is 35.3 Å². The molecule has 0 atom stereocenters. The smallest absolute Gasteiger partial charge is 0.134 e. The van der Waals surface area contributed by atoms with Crippen LogP contribution in [0.25, 0.3) is 20.9 Å². The second-order valence-electron chi connectivity index (χ2n) is 8.45. The van der Waals surface area contributed by atoms with Crippen molar-refractivity contribution in [1.29, 1.82) is 0 Å². The number of rotatable bonds is 7. The number of nitrogens with zero attached hydrogens (tertiary/aromatic N) is 4. The Balaban J connectivity index is 1.45. The molecule has 2 aliphatic heterocycles. The molecule has 0 spiro atoms. The van der Waals surface area contributed by atoms with Crippen molar-refractivity contribution in [3.8, 4) is 20.9 Å². The van der Waals surface area contributed by atoms with Crippen molar-refractivity contribution >= 4 is 49.4 Å². The average Bonchev–Trinajstić information content (AvgIpc) is 3.66. The van der Waals surface area contributed by atoms with Gasteiger partial charge in [-0.05, 0) is 52.7 Å². The molecule has 0 unspecified atom stereocenters. The quantitative estimate of drug-likeness (QED) is 0.344. The maximum atomic E-state index is 15.5. The van der Waals surface area contributed by atoms with Crippen molar-refractivity contribution in [3.05, 3.63) is 85.5 Å². The van der Waals surface area contributed by atoms with Crippen LogP contribution >= 0.6 is 22.7 Å². The van der Waals surface area contributed by atoms with E-state index in [-0.39, 0.29) is 31.4 Å². The van der Waals surface area contributed by atoms with Crippen molar-refractivity contribution in [1.82, 2.24) is 0 Å². The second-order valence-corrected chi connectivity index (χ2v) is 10.7. The van der Waals surface area contributed by atoms with Gasteiger partial charge in [0.1, 0.15) is 32.1 Å². The van der Waals surface area contributed by atoms with Gasteiger partial charge in [0.15, 0.2) is 0 Å². The van der Waals surface area contributed by atoms with Crippen LogP contribution in [-0.2, 0) is 12.8 Å². The first kappa shape index (κ1) is 23.5. The predicted molar refractivity (Wildman–Crippen MR) is 143 cm³/mol. The molecule has 4 nitrogen and oxygen atoms in total. The zero-order chi connectivity index (χ0) is 24.8. The molecule has 11 heteroatoms. The van der Waals surface area contributed by atoms with E-state index in [1.165, 1.54) is 35.4 Å². The van der Waals surface area contributed by atoms with Crippen molar-refractivity contribution in [2.75, 3.05) is 13.3 Å². The number of fused-ring (bicyclic) bond motifs is 2. The van der Waals surface area contributed by atoms with Crippen molar-refractivity contribution in [2.24, 2.45) is 20.0 Å². The lowest BCUT2D eigenvalue weighted by Crippen LogP contribution is -2.33. The van der Waals surface area contributed by atoms with E-state index in [0.29, 0.717) is 43.7 Å². The van der Waals surface area contributed by atoms with Crippen LogP contribution in [0.1, 0.15) is 22.9 Å². The van der Waals surface area contributed by atoms with Crippen LogP contribution in [0.3, 0.4) is 0 Å². The monoisotopic (exact) mass is 508 g/mol. The summed E-state index contributed by atoms with van der Waals surface area (Å²) in [7, 11) is 8.73. The molecule has 0 saturated carbocycles. The molecule has 0 fully saturated rings. The Bertz CT molecular complexity index is 1770. The zero-order valence-electron chi connectivity index (χ0n) is 19.4. The van der Waals surface area contributed by atoms with Gasteiger partial charge in [-0.15, -0.1) is 11.3 Å². The summed E-state index contributed by atoms with van der Waals surface area (Å²) in [5.41, 5.74) is 2.26. The van der Waals surface area contributed by atoms with Gasteiger partial charge in [-0.25, -0.2) is 8.78 Å². The van der Waals surface area contributed by atoms with Crippen LogP contribution in [0.2, 0.25) is 0 Å². The molecule has 6 rings (SSSR count). The van der Waals surface area contributed by atoms with Gasteiger partial charge in [0, 0.05) is 35.9 Å². The molecule has 2 aromatic heterocycles. The number of thiophene rings is 2. The Kier molecular flexibility index (Phi) is 6.21. The molecule has 0 amide bonds. The summed E-state index contributed by atoms with van der Waals surface area (Å²) in [6.45, 7) is 2.57. The molecule has 2 aromatic carbocycles. The molecule has 4 aromatic rings. The van der Waals surface area contributed by atoms with Crippen molar-refractivity contribution in [3.63, 3.8) is 0 Å². The number of aryl methyl sites for hydroxylation is 1. The van der Waals surface area contributed by atoms with Crippen LogP contribution in [0, 0.1) is 11.6 Å². The highest BCUT2D eigenvalue weighted by atomic mass is 32.1. The van der Waals surface area contributed by atoms with E-state index in [2.05, 4.69) is 26.9 Å². The van der Waals surface area contributed by atoms with Gasteiger partial charge in [-0.2, -0.15) is 11.3 Å². The molecule has 2 aliphatic rings. The highest BCUT2D eigenvalue weighted by Gasteiger charge is 2.21. The fourth-order valence-electron chi connectivity index (χ4n) is 4.69. The topological polar surface area (TPSA) is 49.4 Å². The van der Waals surface area contributed by atoms with Crippen molar-refractivity contribution in [2.45, 2.75) is 19.8 Å². The lowest BCUT2D eigenvalue weighted by Gasteiger charge is -2.09. The van der Waals surface area contributed by atoms with E-state index in [4.69, 9.17) is 7.74 Å². The molecule has 4 radical (unpaired) electrons. The van der Waals surface area contributed by atoms with E-state index in [1.807, 2.05) is 24.3 Å². The lowest BCUT2D eigenvalue weighted by molar-refractivity contribution is 0.625. The molecular weight excluding hydrogens is 491 g/mol. The summed E-state index contributed by atoms with van der Waals surface area (Å²) in [4.78, 5) is 20.9. The Morgan fingerprint density at radius 1 is 0.806 bits per heavy atom. The molecule has 0 saturated heterocycles. The van der Waals surface area contributed by atoms with Gasteiger partial charge in [0.2, 0.25) is 0 Å². The Labute approximate surface area is 217 Å². The van der Waals surface area contributed by atoms with E-state index < -0.39 is 0 Å². The van der Waals surface area contributed by atoms with Gasteiger partial charge < -0.3 is 0 Å². The summed E-state index contributed by atoms with van der Waals surface area (Å²) in [5, 5.41) is 2.43. The number of benzene rings is 2. The summed E-state index contributed by atoms with van der Waals surface area (Å²) >= 11 is 3.01. The summed E-state index contributed by atoms with van der Waals surface area (Å²) in [6.07, 6.45) is 1.18. The molecule has 0 bridgehead atoms. The van der Waals surface area contributed by atoms with Gasteiger partial charge in [0.25, 0.3) is 0 Å². The van der Waals surface area contributed by atoms with Gasteiger partial charge in [0.05, 0.1) is 32.6 Å². The third-order valence-electron chi connectivity index (χ3n) is 6.30. The van der Waals surface area contributed by atoms with Gasteiger partial charge in [-0.1, -0.05) is 13.0 Å². The third kappa shape index (κ3) is 3.98. The number of hydrogen-bond acceptors (Lipinski definition) is 6. The number of halogens is 2. The Morgan fingerprint density at radius 3 is 1.92 bits per heavy atom. The van der Waals surface area contributed by atoms with Crippen LogP contribution in [0.15, 0.2) is 56.4 Å². The normalized spacial score (nSPS) is 13.3. The van der Waals surface area contributed by atoms with Crippen LogP contribution in [0.4, 0.5) is 8.78 Å². The SMILES string of the molecule is [B][B][B]c1ccc(-c2c(F)cc(Cc3cc(F)c(-c4ccc(CC)s4)c4c3=NCN=4)c3c2=NCN=3)s1. The standard InChI is InChI=1S/C25H17B3F2N4S2/c1-2-14-3-4-17(35-14)20-15(29)8-12(22-24(20)33-10-31-22)7-13-9-16(30)21(25-23(13)32-11-34-25)18-5-6-19(36-18)27-28-26/h3-6,8-9H,2,7,10-11H2,1H3. The number of hydrogen-bond donors (Lipinski definition) is 0. The molecule has 36 heavy (non-hydrogen) atoms. The first-order chi connectivity index (χ1) is 17.6. The molecular formula is C25H17B3F2N4S2. The van der Waals surface area contributed by atoms with Crippen LogP contribution in [0.5, 0.6) is 0 Å². The van der Waals surface area contributed by atoms with Crippen LogP contribution < -0.4 is 26.2 Å². The molecule has 172 valence electrons. The minimum atomic E-state index is -0.379. The fraction of sp³-hybridized carbons (Fsp3) is 0.200. The van der Waals surface area contributed by atoms with E-state index >= 15 is 8.78 Å². The fourth-order valence-corrected chi connectivity index (χ4v) is 6.65. The molecule has 0 N–H and O–H groups in total. The predicted octanol–water partition coefficient (Wildman–Crippen LogP) is 2.03. The lowest BCUT2D eigenvalue weighted by atomic mass is 9.28. The minimum absolute atomic E-state index is 0.239. The summed E-state index contributed by atoms with van der Waals surface area (Å²) in [5.74, 6) is -0.723. The minimum Gasteiger partial charge on any atom is -0.259 e. The first-order valence-corrected chi connectivity index (χ1v) is 13.2. The molecule has 4 heterocycles. The highest BCUT2D eigenvalue weighted by molar-refractivity contribution is 7.37. The Morgan fingerprint density at radius 2 is 1.36 bits per heavy atom. The van der Waals surface area contributed by atoms with Gasteiger partial charge in [-0.3, -0.25) is 20.0 Å². The Hall–Kier alpha value is -2.91. The maximum Gasteiger partial charge on any atom is 0.134 e. The summed E-state index contributed by atoms with van der Waals surface area (Å²) < 4.78 is 31.9. The second kappa shape index (κ2) is 9.52. The van der Waals surface area contributed by atoms with Crippen molar-refractivity contribution < 1.29 is 8.78 Å². The average molecular weight is 508 g/mol. The largest absolute Gasteiger partial charge is 0.259 e. The third-order valence-corrected chi connectivity index (χ3v) is 8.61.